The summed E-state index contributed by atoms with van der Waals surface area (Å²) in [5.41, 5.74) is 2.89. The molecule has 36 heavy (non-hydrogen) atoms. The van der Waals surface area contributed by atoms with Crippen molar-refractivity contribution in [2.75, 3.05) is 17.3 Å². The first-order valence-corrected chi connectivity index (χ1v) is 15.2. The summed E-state index contributed by atoms with van der Waals surface area (Å²) in [4.78, 5) is 13.3. The predicted molar refractivity (Wildman–Crippen MR) is 139 cm³/mol. The Kier molecular flexibility index (Phi) is 6.09. The van der Waals surface area contributed by atoms with Crippen LogP contribution in [0.5, 0.6) is 5.75 Å². The molecule has 192 valence electrons. The van der Waals surface area contributed by atoms with Crippen LogP contribution in [-0.2, 0) is 26.6 Å². The van der Waals surface area contributed by atoms with Gasteiger partial charge >= 0.3 is 0 Å². The maximum absolute atomic E-state index is 13.5. The van der Waals surface area contributed by atoms with Crippen LogP contribution in [0.1, 0.15) is 37.8 Å². The molecule has 14 heteroatoms. The second kappa shape index (κ2) is 8.87. The highest BCUT2D eigenvalue weighted by molar-refractivity contribution is 7.91. The molecule has 11 nitrogen and oxygen atoms in total. The molecule has 0 saturated heterocycles. The first kappa shape index (κ1) is 24.7. The lowest BCUT2D eigenvalue weighted by atomic mass is 10.1. The summed E-state index contributed by atoms with van der Waals surface area (Å²) in [6, 6.07) is 6.77. The number of anilines is 1. The first-order chi connectivity index (χ1) is 17.0. The number of hydrogen-bond donors (Lipinski definition) is 4. The van der Waals surface area contributed by atoms with Crippen LogP contribution in [0.3, 0.4) is 0 Å². The number of amidine groups is 1. The highest BCUT2D eigenvalue weighted by atomic mass is 32.2. The van der Waals surface area contributed by atoms with E-state index < -0.39 is 30.9 Å². The topological polar surface area (TPSA) is 159 Å². The minimum atomic E-state index is -4.31. The van der Waals surface area contributed by atoms with Gasteiger partial charge in [0.25, 0.3) is 15.6 Å². The number of rotatable bonds is 8. The average molecular weight is 552 g/mol. The zero-order valence-corrected chi connectivity index (χ0v) is 21.9. The Morgan fingerprint density at radius 3 is 2.69 bits per heavy atom. The minimum absolute atomic E-state index is 0.157. The smallest absolute Gasteiger partial charge is 0.287 e. The van der Waals surface area contributed by atoms with Gasteiger partial charge in [-0.15, -0.1) is 15.7 Å². The van der Waals surface area contributed by atoms with Crippen molar-refractivity contribution in [2.24, 2.45) is 10.3 Å². The van der Waals surface area contributed by atoms with Gasteiger partial charge in [0.05, 0.1) is 10.8 Å². The van der Waals surface area contributed by atoms with E-state index in [2.05, 4.69) is 19.9 Å². The number of thiophene rings is 1. The van der Waals surface area contributed by atoms with Gasteiger partial charge in [0.15, 0.2) is 5.84 Å². The summed E-state index contributed by atoms with van der Waals surface area (Å²) in [5, 5.41) is 15.3. The van der Waals surface area contributed by atoms with Gasteiger partial charge in [0.1, 0.15) is 21.2 Å². The molecule has 2 aromatic heterocycles. The molecular weight excluding hydrogens is 526 g/mol. The van der Waals surface area contributed by atoms with Crippen LogP contribution in [0, 0.1) is 5.92 Å². The van der Waals surface area contributed by atoms with E-state index in [1.165, 1.54) is 23.9 Å². The molecule has 1 fully saturated rings. The molecule has 0 amide bonds. The number of sulfonamides is 2. The maximum Gasteiger partial charge on any atom is 0.287 e. The Balaban J connectivity index is 1.57. The number of nitrogens with zero attached hydrogens (tertiary/aromatic N) is 2. The van der Waals surface area contributed by atoms with Crippen LogP contribution in [-0.4, -0.2) is 44.2 Å². The van der Waals surface area contributed by atoms with E-state index in [0.29, 0.717) is 23.4 Å². The fourth-order valence-corrected chi connectivity index (χ4v) is 7.16. The van der Waals surface area contributed by atoms with Crippen molar-refractivity contribution >= 4 is 53.1 Å². The summed E-state index contributed by atoms with van der Waals surface area (Å²) < 4.78 is 58.2. The van der Waals surface area contributed by atoms with E-state index in [1.54, 1.807) is 24.3 Å². The van der Waals surface area contributed by atoms with Crippen LogP contribution in [0.4, 0.5) is 5.00 Å². The Bertz CT molecular complexity index is 1670. The summed E-state index contributed by atoms with van der Waals surface area (Å²) in [6.45, 7) is 3.37. The van der Waals surface area contributed by atoms with Gasteiger partial charge in [-0.3, -0.25) is 4.79 Å². The normalized spacial score (nSPS) is 17.0. The first-order valence-electron chi connectivity index (χ1n) is 11.3. The lowest BCUT2D eigenvalue weighted by molar-refractivity contribution is 0.478. The summed E-state index contributed by atoms with van der Waals surface area (Å²) >= 11 is 1.04. The maximum atomic E-state index is 13.5. The third kappa shape index (κ3) is 4.38. The van der Waals surface area contributed by atoms with E-state index in [1.807, 2.05) is 0 Å². The van der Waals surface area contributed by atoms with Crippen molar-refractivity contribution in [2.45, 2.75) is 43.4 Å². The molecule has 1 aromatic carbocycles. The molecule has 1 aliphatic heterocycles. The number of pyridine rings is 1. The molecule has 3 aromatic rings. The zero-order valence-electron chi connectivity index (χ0n) is 19.5. The van der Waals surface area contributed by atoms with Crippen molar-refractivity contribution in [1.82, 2.24) is 9.40 Å². The Morgan fingerprint density at radius 1 is 1.28 bits per heavy atom. The van der Waals surface area contributed by atoms with Gasteiger partial charge in [-0.05, 0) is 50.1 Å². The molecule has 1 saturated carbocycles. The van der Waals surface area contributed by atoms with Crippen LogP contribution in [0.15, 0.2) is 43.7 Å². The fraction of sp³-hybridized carbons (Fsp3) is 0.364. The van der Waals surface area contributed by atoms with Gasteiger partial charge in [-0.1, -0.05) is 12.1 Å². The second-order valence-corrected chi connectivity index (χ2v) is 13.8. The quantitative estimate of drug-likeness (QED) is 0.331. The molecule has 0 unspecified atom stereocenters. The van der Waals surface area contributed by atoms with Gasteiger partial charge in [0, 0.05) is 24.0 Å². The largest absolute Gasteiger partial charge is 0.506 e. The number of aromatic nitrogens is 1. The molecule has 0 bridgehead atoms. The molecule has 0 atom stereocenters. The minimum Gasteiger partial charge on any atom is -0.506 e. The predicted octanol–water partition coefficient (Wildman–Crippen LogP) is 2.11. The van der Waals surface area contributed by atoms with E-state index in [-0.39, 0.29) is 39.2 Å². The molecule has 1 aliphatic carbocycles. The fourth-order valence-electron chi connectivity index (χ4n) is 3.86. The number of aromatic hydroxyl groups is 1. The van der Waals surface area contributed by atoms with Crippen LogP contribution in [0.2, 0.25) is 0 Å². The Hall–Kier alpha value is -2.94. The number of nitrogens with one attached hydrogen (secondary N) is 3. The molecular formula is C22H25N5O6S3. The van der Waals surface area contributed by atoms with Crippen molar-refractivity contribution in [3.8, 4) is 5.75 Å². The number of hydrogen-bond acceptors (Lipinski definition) is 9. The monoisotopic (exact) mass is 551 g/mol. The SMILES string of the molecule is CC(C)S(=O)(=O)NCc1csc2c1S(=O)(=O)N=C(c1c(O)c3ccccc3n(NCC3CC3)c1=O)N2. The van der Waals surface area contributed by atoms with Crippen molar-refractivity contribution < 1.29 is 21.9 Å². The number of fused-ring (bicyclic) bond motifs is 2. The van der Waals surface area contributed by atoms with Gasteiger partial charge < -0.3 is 15.8 Å². The molecule has 0 radical (unpaired) electrons. The number of benzene rings is 1. The standard InChI is InChI=1S/C22H25N5O6S3/c1-12(2)35(30,31)24-10-14-11-34-21-19(14)36(32,33)26-20(25-21)17-18(28)15-5-3-4-6-16(15)27(22(17)29)23-9-13-7-8-13/h3-6,11-13,23-24,28H,7-10H2,1-2H3,(H,25,26). The van der Waals surface area contributed by atoms with E-state index in [4.69, 9.17) is 0 Å². The van der Waals surface area contributed by atoms with Crippen LogP contribution in [0.25, 0.3) is 10.9 Å². The van der Waals surface area contributed by atoms with E-state index in [0.717, 1.165) is 24.2 Å². The zero-order chi connectivity index (χ0) is 25.8. The molecule has 2 aliphatic rings. The lowest BCUT2D eigenvalue weighted by Crippen LogP contribution is -2.37. The molecule has 4 N–H and O–H groups in total. The van der Waals surface area contributed by atoms with Crippen molar-refractivity contribution in [3.63, 3.8) is 0 Å². The van der Waals surface area contributed by atoms with Gasteiger partial charge in [-0.25, -0.2) is 17.8 Å². The van der Waals surface area contributed by atoms with Crippen LogP contribution >= 0.6 is 11.3 Å². The average Bonchev–Trinajstić information content (AvgIpc) is 3.54. The molecule has 3 heterocycles. The third-order valence-electron chi connectivity index (χ3n) is 6.13. The third-order valence-corrected chi connectivity index (χ3v) is 10.4. The highest BCUT2D eigenvalue weighted by Crippen LogP contribution is 2.38. The number of para-hydroxylation sites is 1. The Labute approximate surface area is 212 Å². The summed E-state index contributed by atoms with van der Waals surface area (Å²) in [5.74, 6) is -0.223. The Morgan fingerprint density at radius 2 is 2.00 bits per heavy atom. The van der Waals surface area contributed by atoms with Gasteiger partial charge in [0.2, 0.25) is 10.0 Å². The molecule has 5 rings (SSSR count). The van der Waals surface area contributed by atoms with Crippen molar-refractivity contribution in [3.05, 3.63) is 51.1 Å². The second-order valence-electron chi connectivity index (χ2n) is 9.06. The highest BCUT2D eigenvalue weighted by Gasteiger charge is 2.34. The summed E-state index contributed by atoms with van der Waals surface area (Å²) in [6.07, 6.45) is 2.13. The van der Waals surface area contributed by atoms with Crippen LogP contribution < -0.4 is 21.0 Å². The van der Waals surface area contributed by atoms with E-state index in [9.17, 15) is 26.7 Å². The lowest BCUT2D eigenvalue weighted by Gasteiger charge is -2.20. The molecule has 0 spiro atoms. The van der Waals surface area contributed by atoms with Crippen molar-refractivity contribution in [1.29, 1.82) is 0 Å². The van der Waals surface area contributed by atoms with E-state index >= 15 is 0 Å². The summed E-state index contributed by atoms with van der Waals surface area (Å²) in [7, 11) is -7.93. The van der Waals surface area contributed by atoms with Gasteiger partial charge in [-0.2, -0.15) is 8.42 Å².